The largest absolute Gasteiger partial charge is 0.497 e. The molecule has 8 nitrogen and oxygen atoms in total. The van der Waals surface area contributed by atoms with Crippen molar-refractivity contribution in [2.45, 2.75) is 64.3 Å². The molecule has 2 aliphatic heterocycles. The molecule has 2 heterocycles. The number of cyclic esters (lactones) is 1. The highest BCUT2D eigenvalue weighted by Crippen LogP contribution is 2.36. The number of carbonyl (C=O) groups excluding carboxylic acids is 1. The highest BCUT2D eigenvalue weighted by molar-refractivity contribution is 5.97. The molecule has 0 aromatic heterocycles. The average Bonchev–Trinajstić information content (AvgIpc) is 3.09. The number of hydrogen-bond acceptors (Lipinski definition) is 8. The first-order chi connectivity index (χ1) is 16.1. The van der Waals surface area contributed by atoms with Gasteiger partial charge < -0.3 is 33.5 Å². The number of aliphatic hydroxyl groups is 1. The van der Waals surface area contributed by atoms with Gasteiger partial charge in [0.1, 0.15) is 41.2 Å². The lowest BCUT2D eigenvalue weighted by Gasteiger charge is -2.24. The Kier molecular flexibility index (Phi) is 8.35. The van der Waals surface area contributed by atoms with Gasteiger partial charge in [-0.2, -0.15) is 0 Å². The van der Waals surface area contributed by atoms with Gasteiger partial charge in [0.05, 0.1) is 13.2 Å². The molecule has 0 aliphatic carbocycles. The van der Waals surface area contributed by atoms with Crippen molar-refractivity contribution in [1.29, 1.82) is 0 Å². The van der Waals surface area contributed by atoms with Crippen LogP contribution in [0, 0.1) is 5.92 Å². The number of carbonyl (C=O) groups is 1. The van der Waals surface area contributed by atoms with E-state index in [4.69, 9.17) is 28.4 Å². The van der Waals surface area contributed by atoms with Crippen molar-refractivity contribution in [3.05, 3.63) is 41.2 Å². The summed E-state index contributed by atoms with van der Waals surface area (Å²) in [5.41, 5.74) is 0.694. The predicted molar refractivity (Wildman–Crippen MR) is 122 cm³/mol. The molecule has 1 aromatic rings. The Labute approximate surface area is 199 Å². The number of halogens is 1. The maximum atomic E-state index is 15.0. The van der Waals surface area contributed by atoms with Gasteiger partial charge in [0.25, 0.3) is 0 Å². The number of rotatable bonds is 4. The average molecular weight is 481 g/mol. The second kappa shape index (κ2) is 10.9. The summed E-state index contributed by atoms with van der Waals surface area (Å²) < 4.78 is 48.4. The lowest BCUT2D eigenvalue weighted by Crippen LogP contribution is -2.36. The van der Waals surface area contributed by atoms with E-state index in [0.717, 1.165) is 0 Å². The van der Waals surface area contributed by atoms with Gasteiger partial charge in [-0.1, -0.05) is 19.1 Å². The predicted octanol–water partition coefficient (Wildman–Crippen LogP) is 4.01. The zero-order valence-electron chi connectivity index (χ0n) is 20.4. The molecule has 1 fully saturated rings. The van der Waals surface area contributed by atoms with Crippen LogP contribution in [0.3, 0.4) is 0 Å². The van der Waals surface area contributed by atoms with Gasteiger partial charge in [-0.15, -0.1) is 0 Å². The van der Waals surface area contributed by atoms with Crippen LogP contribution in [-0.2, 0) is 18.9 Å². The lowest BCUT2D eigenvalue weighted by atomic mass is 9.98. The molecule has 0 spiro atoms. The van der Waals surface area contributed by atoms with Crippen molar-refractivity contribution < 1.29 is 42.7 Å². The number of aliphatic hydroxyl groups excluding tert-OH is 1. The van der Waals surface area contributed by atoms with Crippen LogP contribution < -0.4 is 9.47 Å². The Morgan fingerprint density at radius 1 is 1.21 bits per heavy atom. The number of ether oxygens (including phenoxy) is 6. The molecular formula is C25H33FO8. The fourth-order valence-electron chi connectivity index (χ4n) is 3.93. The SMILES string of the molecule is COCOc1cc(OC)cc2c1C(=O)O[C@@H](C)[C@H](C)/C=C(/F)C(O)[C@H]1OC(C)(C)OC1C/C=C/2. The fraction of sp³-hybridized carbons (Fsp3) is 0.560. The summed E-state index contributed by atoms with van der Waals surface area (Å²) in [6.45, 7) is 6.69. The summed E-state index contributed by atoms with van der Waals surface area (Å²) in [6, 6.07) is 3.27. The highest BCUT2D eigenvalue weighted by atomic mass is 19.1. The summed E-state index contributed by atoms with van der Waals surface area (Å²) in [7, 11) is 2.98. The molecule has 1 saturated heterocycles. The van der Waals surface area contributed by atoms with E-state index in [2.05, 4.69) is 0 Å². The minimum atomic E-state index is -1.52. The zero-order valence-corrected chi connectivity index (χ0v) is 20.4. The smallest absolute Gasteiger partial charge is 0.342 e. The van der Waals surface area contributed by atoms with Crippen molar-refractivity contribution in [2.24, 2.45) is 5.92 Å². The van der Waals surface area contributed by atoms with Gasteiger partial charge >= 0.3 is 5.97 Å². The second-order valence-electron chi connectivity index (χ2n) is 8.88. The van der Waals surface area contributed by atoms with Gasteiger partial charge in [-0.05, 0) is 44.9 Å². The molecule has 2 aliphatic rings. The summed E-state index contributed by atoms with van der Waals surface area (Å²) in [5, 5.41) is 10.7. The number of fused-ring (bicyclic) bond motifs is 2. The number of hydrogen-bond donors (Lipinski definition) is 1. The number of benzene rings is 1. The molecule has 1 aromatic carbocycles. The monoisotopic (exact) mass is 480 g/mol. The van der Waals surface area contributed by atoms with Crippen molar-refractivity contribution in [3.8, 4) is 11.5 Å². The van der Waals surface area contributed by atoms with E-state index in [9.17, 15) is 14.3 Å². The third kappa shape index (κ3) is 5.96. The summed E-state index contributed by atoms with van der Waals surface area (Å²) >= 11 is 0. The van der Waals surface area contributed by atoms with Crippen LogP contribution in [0.1, 0.15) is 50.0 Å². The Bertz CT molecular complexity index is 941. The number of methoxy groups -OCH3 is 2. The van der Waals surface area contributed by atoms with Gasteiger partial charge in [0, 0.05) is 19.1 Å². The zero-order chi connectivity index (χ0) is 25.0. The van der Waals surface area contributed by atoms with Crippen molar-refractivity contribution in [1.82, 2.24) is 0 Å². The van der Waals surface area contributed by atoms with E-state index in [1.54, 1.807) is 52.0 Å². The molecule has 34 heavy (non-hydrogen) atoms. The van der Waals surface area contributed by atoms with Crippen molar-refractivity contribution in [3.63, 3.8) is 0 Å². The van der Waals surface area contributed by atoms with Crippen LogP contribution in [0.5, 0.6) is 11.5 Å². The van der Waals surface area contributed by atoms with Crippen LogP contribution >= 0.6 is 0 Å². The maximum absolute atomic E-state index is 15.0. The van der Waals surface area contributed by atoms with Crippen LogP contribution in [0.2, 0.25) is 0 Å². The molecule has 188 valence electrons. The molecule has 5 atom stereocenters. The summed E-state index contributed by atoms with van der Waals surface area (Å²) in [6.07, 6.45) is 1.28. The van der Waals surface area contributed by atoms with E-state index in [-0.39, 0.29) is 18.1 Å². The normalized spacial score (nSPS) is 31.8. The van der Waals surface area contributed by atoms with E-state index < -0.39 is 47.9 Å². The maximum Gasteiger partial charge on any atom is 0.342 e. The van der Waals surface area contributed by atoms with E-state index in [1.165, 1.54) is 20.3 Å². The molecular weight excluding hydrogens is 447 g/mol. The molecule has 1 N–H and O–H groups in total. The van der Waals surface area contributed by atoms with Crippen LogP contribution in [0.15, 0.2) is 30.1 Å². The Hall–Kier alpha value is -2.46. The van der Waals surface area contributed by atoms with Gasteiger partial charge in [-0.3, -0.25) is 0 Å². The Balaban J connectivity index is 2.09. The van der Waals surface area contributed by atoms with Crippen molar-refractivity contribution in [2.75, 3.05) is 21.0 Å². The van der Waals surface area contributed by atoms with Gasteiger partial charge in [0.2, 0.25) is 0 Å². The summed E-state index contributed by atoms with van der Waals surface area (Å²) in [5.74, 6) is -2.21. The third-order valence-corrected chi connectivity index (χ3v) is 5.81. The molecule has 3 rings (SSSR count). The quantitative estimate of drug-likeness (QED) is 0.511. The first-order valence-electron chi connectivity index (χ1n) is 11.2. The van der Waals surface area contributed by atoms with Crippen molar-refractivity contribution >= 4 is 12.0 Å². The van der Waals surface area contributed by atoms with E-state index in [1.807, 2.05) is 0 Å². The van der Waals surface area contributed by atoms with E-state index >= 15 is 0 Å². The molecule has 9 heteroatoms. The molecule has 0 amide bonds. The van der Waals surface area contributed by atoms with Crippen LogP contribution in [-0.4, -0.2) is 62.3 Å². The Morgan fingerprint density at radius 2 is 1.94 bits per heavy atom. The first kappa shape index (κ1) is 26.2. The highest BCUT2D eigenvalue weighted by Gasteiger charge is 2.45. The minimum absolute atomic E-state index is 0.0849. The Morgan fingerprint density at radius 3 is 2.62 bits per heavy atom. The topological polar surface area (TPSA) is 92.7 Å². The van der Waals surface area contributed by atoms with E-state index in [0.29, 0.717) is 17.7 Å². The molecule has 2 unspecified atom stereocenters. The van der Waals surface area contributed by atoms with Gasteiger partial charge in [-0.25, -0.2) is 9.18 Å². The molecule has 0 radical (unpaired) electrons. The second-order valence-corrected chi connectivity index (χ2v) is 8.88. The first-order valence-corrected chi connectivity index (χ1v) is 11.2. The molecule has 0 bridgehead atoms. The third-order valence-electron chi connectivity index (χ3n) is 5.81. The number of esters is 1. The fourth-order valence-corrected chi connectivity index (χ4v) is 3.93. The van der Waals surface area contributed by atoms with Crippen LogP contribution in [0.4, 0.5) is 4.39 Å². The molecule has 0 saturated carbocycles. The standard InChI is InChI=1S/C25H33FO8/c1-14-10-18(26)22(27)23-19(33-25(3,4)34-23)9-7-8-16-11-17(30-6)12-20(31-13-29-5)21(16)24(28)32-15(14)2/h7-8,10-12,14-15,19,22-23,27H,9,13H2,1-6H3/b8-7+,18-10+/t14-,15+,19?,22?,23+/m1/s1. The lowest BCUT2D eigenvalue weighted by molar-refractivity contribution is -0.153. The van der Waals surface area contributed by atoms with Crippen LogP contribution in [0.25, 0.3) is 6.08 Å². The van der Waals surface area contributed by atoms with Gasteiger partial charge in [0.15, 0.2) is 12.6 Å². The summed E-state index contributed by atoms with van der Waals surface area (Å²) in [4.78, 5) is 13.2. The minimum Gasteiger partial charge on any atom is -0.497 e.